The topological polar surface area (TPSA) is 91.9 Å². The Bertz CT molecular complexity index is 346. The van der Waals surface area contributed by atoms with Gasteiger partial charge in [-0.3, -0.25) is 10.1 Å². The molecule has 0 aromatic heterocycles. The number of hydrogen-bond acceptors (Lipinski definition) is 6. The highest BCUT2D eigenvalue weighted by Gasteiger charge is 2.42. The maximum absolute atomic E-state index is 11.2. The Morgan fingerprint density at radius 1 is 1.55 bits per heavy atom. The number of thioether (sulfide) groups is 1. The molecule has 0 spiro atoms. The van der Waals surface area contributed by atoms with Crippen molar-refractivity contribution in [1.29, 1.82) is 0 Å². The summed E-state index contributed by atoms with van der Waals surface area (Å²) in [5, 5.41) is 9.05. The number of ether oxygens (including phenoxy) is 2. The van der Waals surface area contributed by atoms with Crippen molar-refractivity contribution in [2.45, 2.75) is 17.3 Å². The molecule has 3 atom stereocenters. The van der Waals surface area contributed by atoms with Crippen LogP contribution in [0.1, 0.15) is 0 Å². The molecular weight excluding hydrogens is 284 g/mol. The zero-order valence-corrected chi connectivity index (χ0v) is 12.1. The maximum atomic E-state index is 11.2. The molecule has 0 aromatic carbocycles. The lowest BCUT2D eigenvalue weighted by Crippen LogP contribution is -2.40. The van der Waals surface area contributed by atoms with Crippen LogP contribution in [0.25, 0.3) is 0 Å². The van der Waals surface area contributed by atoms with Crippen molar-refractivity contribution in [2.75, 3.05) is 39.6 Å². The summed E-state index contributed by atoms with van der Waals surface area (Å²) < 4.78 is 10.4. The number of rotatable bonds is 9. The zero-order chi connectivity index (χ0) is 14.4. The maximum Gasteiger partial charge on any atom is 0.315 e. The fraction of sp³-hybridized carbons (Fsp3) is 0.818. The largest absolute Gasteiger partial charge is 0.365 e. The number of urea groups is 1. The summed E-state index contributed by atoms with van der Waals surface area (Å²) in [5.74, 6) is 0.914. The molecule has 0 saturated carbocycles. The van der Waals surface area contributed by atoms with Crippen LogP contribution in [0.15, 0.2) is 0 Å². The highest BCUT2D eigenvalue weighted by molar-refractivity contribution is 8.00. The second kappa shape index (κ2) is 7.67. The number of amides is 3. The second-order valence-corrected chi connectivity index (χ2v) is 5.93. The molecule has 2 fully saturated rings. The van der Waals surface area contributed by atoms with Gasteiger partial charge in [0.2, 0.25) is 6.41 Å². The van der Waals surface area contributed by atoms with Crippen LogP contribution in [-0.2, 0) is 14.3 Å². The molecule has 2 aliphatic rings. The summed E-state index contributed by atoms with van der Waals surface area (Å²) in [4.78, 5) is 23.3. The third-order valence-electron chi connectivity index (χ3n) is 3.18. The zero-order valence-electron chi connectivity index (χ0n) is 11.3. The Hall–Kier alpha value is -1.03. The van der Waals surface area contributed by atoms with Gasteiger partial charge in [-0.25, -0.2) is 4.79 Å². The summed E-state index contributed by atoms with van der Waals surface area (Å²) in [6, 6.07) is 0.262. The molecule has 3 amide bonds. The van der Waals surface area contributed by atoms with E-state index in [2.05, 4.69) is 16.0 Å². The van der Waals surface area contributed by atoms with Gasteiger partial charge in [-0.05, 0) is 0 Å². The Labute approximate surface area is 121 Å². The molecule has 0 radical (unpaired) electrons. The van der Waals surface area contributed by atoms with Gasteiger partial charge in [0.15, 0.2) is 0 Å². The van der Waals surface area contributed by atoms with Crippen molar-refractivity contribution in [1.82, 2.24) is 20.9 Å². The van der Waals surface area contributed by atoms with Crippen molar-refractivity contribution >= 4 is 24.2 Å². The van der Waals surface area contributed by atoms with E-state index in [4.69, 9.17) is 9.47 Å². The summed E-state index contributed by atoms with van der Waals surface area (Å²) in [6.07, 6.45) is 0.716. The number of nitrogens with zero attached hydrogens (tertiary/aromatic N) is 1. The van der Waals surface area contributed by atoms with Crippen molar-refractivity contribution in [2.24, 2.45) is 0 Å². The quantitative estimate of drug-likeness (QED) is 0.213. The van der Waals surface area contributed by atoms with Crippen LogP contribution in [0.2, 0.25) is 0 Å². The molecular formula is C11H20N4O4S. The number of nitrogens with one attached hydrogen (secondary N) is 3. The molecule has 2 saturated heterocycles. The number of hydrogen-bond donors (Lipinski definition) is 3. The van der Waals surface area contributed by atoms with Crippen LogP contribution < -0.4 is 16.0 Å². The van der Waals surface area contributed by atoms with Crippen LogP contribution in [0.4, 0.5) is 4.79 Å². The molecule has 20 heavy (non-hydrogen) atoms. The Morgan fingerprint density at radius 2 is 2.40 bits per heavy atom. The van der Waals surface area contributed by atoms with Crippen LogP contribution in [0.3, 0.4) is 0 Å². The predicted molar refractivity (Wildman–Crippen MR) is 74.1 cm³/mol. The molecule has 9 heteroatoms. The highest BCUT2D eigenvalue weighted by atomic mass is 32.2. The molecule has 3 N–H and O–H groups in total. The second-order valence-electron chi connectivity index (χ2n) is 4.66. The monoisotopic (exact) mass is 304 g/mol. The summed E-state index contributed by atoms with van der Waals surface area (Å²) in [6.45, 7) is 1.53. The van der Waals surface area contributed by atoms with E-state index in [0.29, 0.717) is 26.4 Å². The van der Waals surface area contributed by atoms with Crippen LogP contribution in [0.5, 0.6) is 0 Å². The molecule has 2 aliphatic heterocycles. The van der Waals surface area contributed by atoms with Crippen LogP contribution >= 0.6 is 11.8 Å². The lowest BCUT2D eigenvalue weighted by molar-refractivity contribution is -0.123. The minimum absolute atomic E-state index is 0.0929. The van der Waals surface area contributed by atoms with E-state index in [0.717, 1.165) is 5.75 Å². The van der Waals surface area contributed by atoms with Gasteiger partial charge in [0.05, 0.1) is 37.3 Å². The van der Waals surface area contributed by atoms with Crippen LogP contribution in [-0.4, -0.2) is 74.3 Å². The van der Waals surface area contributed by atoms with Crippen molar-refractivity contribution < 1.29 is 19.1 Å². The van der Waals surface area contributed by atoms with Crippen LogP contribution in [0, 0.1) is 0 Å². The molecule has 2 rings (SSSR count). The Kier molecular flexibility index (Phi) is 5.89. The first kappa shape index (κ1) is 15.4. The molecule has 8 nitrogen and oxygen atoms in total. The number of methoxy groups -OCH3 is 1. The lowest BCUT2D eigenvalue weighted by Gasteiger charge is -2.19. The molecule has 0 aromatic rings. The number of fused-ring (bicyclic) bond motifs is 1. The van der Waals surface area contributed by atoms with Gasteiger partial charge in [-0.1, -0.05) is 0 Å². The van der Waals surface area contributed by atoms with Gasteiger partial charge in [0, 0.05) is 12.9 Å². The standard InChI is InChI=1S/C11H20N4O4S/c1-18-7-15(6-16)4-12-5-19-2-9-10-8(3-20-9)13-11(17)14-10/h6,8-10,12H,2-5,7H2,1H3,(H2,13,14,17). The molecule has 114 valence electrons. The van der Waals surface area contributed by atoms with Gasteiger partial charge >= 0.3 is 6.03 Å². The van der Waals surface area contributed by atoms with Crippen molar-refractivity contribution in [3.63, 3.8) is 0 Å². The van der Waals surface area contributed by atoms with E-state index in [9.17, 15) is 9.59 Å². The van der Waals surface area contributed by atoms with Gasteiger partial charge in [0.1, 0.15) is 6.73 Å². The van der Waals surface area contributed by atoms with Crippen molar-refractivity contribution in [3.8, 4) is 0 Å². The predicted octanol–water partition coefficient (Wildman–Crippen LogP) is -1.26. The number of carbonyl (C=O) groups is 2. The minimum Gasteiger partial charge on any atom is -0.365 e. The minimum atomic E-state index is -0.0929. The van der Waals surface area contributed by atoms with E-state index in [1.54, 1.807) is 11.8 Å². The molecule has 2 heterocycles. The van der Waals surface area contributed by atoms with Gasteiger partial charge in [0.25, 0.3) is 0 Å². The number of carbonyl (C=O) groups excluding carboxylic acids is 2. The highest BCUT2D eigenvalue weighted by Crippen LogP contribution is 2.29. The van der Waals surface area contributed by atoms with E-state index < -0.39 is 0 Å². The molecule has 0 aliphatic carbocycles. The third kappa shape index (κ3) is 3.98. The molecule has 3 unspecified atom stereocenters. The smallest absolute Gasteiger partial charge is 0.315 e. The van der Waals surface area contributed by atoms with Gasteiger partial charge in [-0.2, -0.15) is 11.8 Å². The Balaban J connectivity index is 1.57. The summed E-state index contributed by atoms with van der Waals surface area (Å²) in [5.41, 5.74) is 0. The van der Waals surface area contributed by atoms with E-state index in [1.807, 2.05) is 0 Å². The van der Waals surface area contributed by atoms with E-state index >= 15 is 0 Å². The first-order valence-electron chi connectivity index (χ1n) is 6.40. The van der Waals surface area contributed by atoms with E-state index in [-0.39, 0.29) is 30.1 Å². The Morgan fingerprint density at radius 3 is 3.15 bits per heavy atom. The van der Waals surface area contributed by atoms with Gasteiger partial charge < -0.3 is 25.0 Å². The fourth-order valence-corrected chi connectivity index (χ4v) is 3.65. The third-order valence-corrected chi connectivity index (χ3v) is 4.59. The van der Waals surface area contributed by atoms with Gasteiger partial charge in [-0.15, -0.1) is 0 Å². The fourth-order valence-electron chi connectivity index (χ4n) is 2.25. The average Bonchev–Trinajstić information content (AvgIpc) is 2.97. The lowest BCUT2D eigenvalue weighted by atomic mass is 10.1. The van der Waals surface area contributed by atoms with Crippen molar-refractivity contribution in [3.05, 3.63) is 0 Å². The molecule has 0 bridgehead atoms. The van der Waals surface area contributed by atoms with E-state index in [1.165, 1.54) is 12.0 Å². The average molecular weight is 304 g/mol. The summed E-state index contributed by atoms with van der Waals surface area (Å²) >= 11 is 1.80. The first-order chi connectivity index (χ1) is 9.74. The normalized spacial score (nSPS) is 27.9. The SMILES string of the molecule is COCN(C=O)CNCOCC1SCC2NC(=O)NC21. The first-order valence-corrected chi connectivity index (χ1v) is 7.45. The summed E-state index contributed by atoms with van der Waals surface area (Å²) in [7, 11) is 1.53.